The largest absolute Gasteiger partial charge is 0.358 e. The Kier molecular flexibility index (Phi) is 3.85. The number of fused-ring (bicyclic) bond motifs is 1. The molecular weight excluding hydrogens is 301 g/mol. The zero-order valence-corrected chi connectivity index (χ0v) is 12.6. The van der Waals surface area contributed by atoms with Gasteiger partial charge < -0.3 is 14.8 Å². The molecule has 1 aliphatic heterocycles. The highest BCUT2D eigenvalue weighted by atomic mass is 19.1. The summed E-state index contributed by atoms with van der Waals surface area (Å²) in [5.41, 5.74) is -0.410. The van der Waals surface area contributed by atoms with Crippen molar-refractivity contribution < 1.29 is 14.0 Å². The van der Waals surface area contributed by atoms with Gasteiger partial charge in [-0.1, -0.05) is 6.07 Å². The fourth-order valence-electron chi connectivity index (χ4n) is 2.77. The van der Waals surface area contributed by atoms with Crippen LogP contribution < -0.4 is 5.43 Å². The first-order chi connectivity index (χ1) is 11.0. The second kappa shape index (κ2) is 5.83. The third-order valence-corrected chi connectivity index (χ3v) is 4.11. The lowest BCUT2D eigenvalue weighted by Gasteiger charge is -2.34. The predicted molar refractivity (Wildman–Crippen MR) is 82.7 cm³/mol. The Labute approximate surface area is 131 Å². The molecule has 1 saturated heterocycles. The molecule has 0 spiro atoms. The maximum absolute atomic E-state index is 13.7. The first-order valence-electron chi connectivity index (χ1n) is 7.33. The van der Waals surface area contributed by atoms with Crippen LogP contribution in [-0.2, 0) is 4.79 Å². The molecule has 1 aromatic carbocycles. The van der Waals surface area contributed by atoms with Gasteiger partial charge in [-0.3, -0.25) is 14.4 Å². The molecule has 0 radical (unpaired) electrons. The van der Waals surface area contributed by atoms with Crippen LogP contribution in [-0.4, -0.2) is 52.8 Å². The number of hydrogen-bond donors (Lipinski definition) is 1. The number of para-hydroxylation sites is 1. The van der Waals surface area contributed by atoms with E-state index in [2.05, 4.69) is 4.98 Å². The van der Waals surface area contributed by atoms with Crippen molar-refractivity contribution in [3.63, 3.8) is 0 Å². The molecule has 0 bridgehead atoms. The van der Waals surface area contributed by atoms with Gasteiger partial charge in [0.05, 0.1) is 5.52 Å². The Morgan fingerprint density at radius 3 is 2.43 bits per heavy atom. The molecule has 120 valence electrons. The second-order valence-corrected chi connectivity index (χ2v) is 5.49. The van der Waals surface area contributed by atoms with Gasteiger partial charge in [0.15, 0.2) is 0 Å². The standard InChI is InChI=1S/C16H16FN3O3/c1-10(21)19-5-7-20(8-6-19)16(23)12-9-18-14-11(15(12)22)3-2-4-13(14)17/h2-4,9H,5-8H2,1H3,(H,18,22). The van der Waals surface area contributed by atoms with Crippen LogP contribution in [0.25, 0.3) is 10.9 Å². The van der Waals surface area contributed by atoms with E-state index in [1.807, 2.05) is 0 Å². The average Bonchev–Trinajstić information content (AvgIpc) is 2.55. The van der Waals surface area contributed by atoms with E-state index in [0.29, 0.717) is 26.2 Å². The monoisotopic (exact) mass is 317 g/mol. The van der Waals surface area contributed by atoms with Crippen LogP contribution in [0.3, 0.4) is 0 Å². The van der Waals surface area contributed by atoms with Crippen molar-refractivity contribution in [3.8, 4) is 0 Å². The van der Waals surface area contributed by atoms with Crippen LogP contribution in [0.5, 0.6) is 0 Å². The van der Waals surface area contributed by atoms with Gasteiger partial charge in [0.25, 0.3) is 5.91 Å². The number of aromatic nitrogens is 1. The lowest BCUT2D eigenvalue weighted by molar-refractivity contribution is -0.130. The van der Waals surface area contributed by atoms with Crippen molar-refractivity contribution in [2.75, 3.05) is 26.2 Å². The van der Waals surface area contributed by atoms with Crippen LogP contribution in [0.1, 0.15) is 17.3 Å². The number of carbonyl (C=O) groups is 2. The fraction of sp³-hybridized carbons (Fsp3) is 0.312. The molecule has 0 aliphatic carbocycles. The Hall–Kier alpha value is -2.70. The summed E-state index contributed by atoms with van der Waals surface area (Å²) in [6, 6.07) is 4.18. The van der Waals surface area contributed by atoms with Crippen molar-refractivity contribution in [2.45, 2.75) is 6.92 Å². The van der Waals surface area contributed by atoms with Gasteiger partial charge in [-0.25, -0.2) is 4.39 Å². The van der Waals surface area contributed by atoms with Crippen molar-refractivity contribution in [1.29, 1.82) is 0 Å². The summed E-state index contributed by atoms with van der Waals surface area (Å²) in [6.45, 7) is 3.13. The molecule has 1 fully saturated rings. The van der Waals surface area contributed by atoms with Crippen molar-refractivity contribution in [1.82, 2.24) is 14.8 Å². The molecule has 6 nitrogen and oxygen atoms in total. The van der Waals surface area contributed by atoms with E-state index in [0.717, 1.165) is 0 Å². The molecule has 2 heterocycles. The lowest BCUT2D eigenvalue weighted by atomic mass is 10.1. The molecule has 1 aromatic heterocycles. The van der Waals surface area contributed by atoms with Gasteiger partial charge in [0.2, 0.25) is 11.3 Å². The SMILES string of the molecule is CC(=O)N1CCN(C(=O)c2c[nH]c3c(F)cccc3c2=O)CC1. The number of nitrogens with one attached hydrogen (secondary N) is 1. The molecule has 0 unspecified atom stereocenters. The van der Waals surface area contributed by atoms with Crippen LogP contribution in [0.2, 0.25) is 0 Å². The molecule has 0 atom stereocenters. The molecule has 7 heteroatoms. The molecule has 1 aliphatic rings. The summed E-state index contributed by atoms with van der Waals surface area (Å²) in [4.78, 5) is 42.2. The number of nitrogens with zero attached hydrogens (tertiary/aromatic N) is 2. The maximum Gasteiger partial charge on any atom is 0.259 e. The number of piperazine rings is 1. The number of carbonyl (C=O) groups excluding carboxylic acids is 2. The quantitative estimate of drug-likeness (QED) is 0.852. The zero-order valence-electron chi connectivity index (χ0n) is 12.6. The van der Waals surface area contributed by atoms with Crippen molar-refractivity contribution in [2.24, 2.45) is 0 Å². The Morgan fingerprint density at radius 1 is 1.13 bits per heavy atom. The van der Waals surface area contributed by atoms with Gasteiger partial charge in [0.1, 0.15) is 11.4 Å². The summed E-state index contributed by atoms with van der Waals surface area (Å²) in [5, 5.41) is 0.151. The maximum atomic E-state index is 13.7. The highest BCUT2D eigenvalue weighted by molar-refractivity contribution is 5.97. The van der Waals surface area contributed by atoms with E-state index in [-0.39, 0.29) is 22.4 Å². The summed E-state index contributed by atoms with van der Waals surface area (Å²) in [5.74, 6) is -0.967. The molecule has 1 N–H and O–H groups in total. The number of benzene rings is 1. The van der Waals surface area contributed by atoms with Gasteiger partial charge in [-0.05, 0) is 12.1 Å². The van der Waals surface area contributed by atoms with Crippen LogP contribution in [0.4, 0.5) is 4.39 Å². The van der Waals surface area contributed by atoms with E-state index >= 15 is 0 Å². The van der Waals surface area contributed by atoms with Gasteiger partial charge in [0, 0.05) is 44.7 Å². The Balaban J connectivity index is 1.89. The number of rotatable bonds is 1. The molecule has 23 heavy (non-hydrogen) atoms. The van der Waals surface area contributed by atoms with E-state index in [1.165, 1.54) is 36.2 Å². The summed E-state index contributed by atoms with van der Waals surface area (Å²) in [6.07, 6.45) is 1.26. The van der Waals surface area contributed by atoms with Gasteiger partial charge in [-0.2, -0.15) is 0 Å². The normalized spacial score (nSPS) is 15.0. The molecule has 0 saturated carbocycles. The summed E-state index contributed by atoms with van der Waals surface area (Å²) >= 11 is 0. The predicted octanol–water partition coefficient (Wildman–Crippen LogP) is 0.971. The topological polar surface area (TPSA) is 73.5 Å². The van der Waals surface area contributed by atoms with E-state index in [4.69, 9.17) is 0 Å². The number of amides is 2. The second-order valence-electron chi connectivity index (χ2n) is 5.49. The van der Waals surface area contributed by atoms with E-state index in [1.54, 1.807) is 4.90 Å². The number of aromatic amines is 1. The Bertz CT molecular complexity index is 838. The number of halogens is 1. The van der Waals surface area contributed by atoms with E-state index in [9.17, 15) is 18.8 Å². The lowest BCUT2D eigenvalue weighted by Crippen LogP contribution is -2.50. The van der Waals surface area contributed by atoms with Crippen LogP contribution >= 0.6 is 0 Å². The van der Waals surface area contributed by atoms with Crippen molar-refractivity contribution in [3.05, 3.63) is 46.0 Å². The fourth-order valence-corrected chi connectivity index (χ4v) is 2.77. The van der Waals surface area contributed by atoms with Gasteiger partial charge >= 0.3 is 0 Å². The minimum atomic E-state index is -0.534. The molecule has 2 aromatic rings. The smallest absolute Gasteiger partial charge is 0.259 e. The zero-order chi connectivity index (χ0) is 16.6. The molecule has 3 rings (SSSR count). The van der Waals surface area contributed by atoms with Crippen LogP contribution in [0.15, 0.2) is 29.2 Å². The molecule has 2 amide bonds. The first kappa shape index (κ1) is 15.2. The number of pyridine rings is 1. The molecular formula is C16H16FN3O3. The summed E-state index contributed by atoms with van der Waals surface area (Å²) < 4.78 is 13.7. The highest BCUT2D eigenvalue weighted by Gasteiger charge is 2.25. The third kappa shape index (κ3) is 2.69. The number of H-pyrrole nitrogens is 1. The number of hydrogen-bond acceptors (Lipinski definition) is 3. The van der Waals surface area contributed by atoms with Crippen molar-refractivity contribution >= 4 is 22.7 Å². The van der Waals surface area contributed by atoms with Gasteiger partial charge in [-0.15, -0.1) is 0 Å². The average molecular weight is 317 g/mol. The van der Waals surface area contributed by atoms with E-state index < -0.39 is 17.2 Å². The summed E-state index contributed by atoms with van der Waals surface area (Å²) in [7, 11) is 0. The van der Waals surface area contributed by atoms with Crippen LogP contribution in [0, 0.1) is 5.82 Å². The third-order valence-electron chi connectivity index (χ3n) is 4.11. The minimum absolute atomic E-state index is 0.0145. The minimum Gasteiger partial charge on any atom is -0.358 e. The highest BCUT2D eigenvalue weighted by Crippen LogP contribution is 2.13. The first-order valence-corrected chi connectivity index (χ1v) is 7.33. The Morgan fingerprint density at radius 2 is 1.78 bits per heavy atom.